The van der Waals surface area contributed by atoms with Crippen molar-refractivity contribution in [3.63, 3.8) is 0 Å². The third-order valence-corrected chi connectivity index (χ3v) is 6.59. The van der Waals surface area contributed by atoms with Gasteiger partial charge in [-0.2, -0.15) is 0 Å². The van der Waals surface area contributed by atoms with Crippen LogP contribution in [0.3, 0.4) is 0 Å². The molecule has 0 saturated carbocycles. The average molecular weight is 410 g/mol. The Morgan fingerprint density at radius 2 is 2.04 bits per heavy atom. The molecular formula is C19H27N3O5S. The molecule has 0 radical (unpaired) electrons. The zero-order valence-electron chi connectivity index (χ0n) is 16.5. The maximum atomic E-state index is 12.7. The van der Waals surface area contributed by atoms with Gasteiger partial charge in [0.2, 0.25) is 21.8 Å². The predicted octanol–water partition coefficient (Wildman–Crippen LogP) is 0.897. The lowest BCUT2D eigenvalue weighted by atomic mass is 10.0. The average Bonchev–Trinajstić information content (AvgIpc) is 3.03. The SMILES string of the molecule is COc1ccc(C)cc1N1CC(C(=O)NC2CCCN(S(C)(=O)=O)C2)CC1=O. The fourth-order valence-corrected chi connectivity index (χ4v) is 4.72. The van der Waals surface area contributed by atoms with E-state index in [2.05, 4.69) is 5.32 Å². The summed E-state index contributed by atoms with van der Waals surface area (Å²) in [7, 11) is -1.72. The van der Waals surface area contributed by atoms with Crippen molar-refractivity contribution in [2.45, 2.75) is 32.2 Å². The number of ether oxygens (including phenoxy) is 1. The minimum absolute atomic E-state index is 0.120. The molecule has 0 aliphatic carbocycles. The van der Waals surface area contributed by atoms with Gasteiger partial charge in [0.05, 0.1) is 25.0 Å². The molecule has 2 amide bonds. The Morgan fingerprint density at radius 3 is 2.71 bits per heavy atom. The van der Waals surface area contributed by atoms with E-state index in [1.54, 1.807) is 12.0 Å². The number of amides is 2. The van der Waals surface area contributed by atoms with Crippen LogP contribution < -0.4 is 15.0 Å². The lowest BCUT2D eigenvalue weighted by Gasteiger charge is -2.32. The lowest BCUT2D eigenvalue weighted by molar-refractivity contribution is -0.127. The van der Waals surface area contributed by atoms with E-state index >= 15 is 0 Å². The number of hydrogen-bond donors (Lipinski definition) is 1. The van der Waals surface area contributed by atoms with Crippen molar-refractivity contribution in [1.29, 1.82) is 0 Å². The molecule has 1 N–H and O–H groups in total. The number of sulfonamides is 1. The number of carbonyl (C=O) groups is 2. The number of rotatable bonds is 5. The van der Waals surface area contributed by atoms with Crippen LogP contribution in [0.2, 0.25) is 0 Å². The maximum absolute atomic E-state index is 12.7. The Bertz CT molecular complexity index is 870. The molecule has 28 heavy (non-hydrogen) atoms. The zero-order chi connectivity index (χ0) is 20.5. The summed E-state index contributed by atoms with van der Waals surface area (Å²) in [5, 5.41) is 2.94. The van der Waals surface area contributed by atoms with E-state index in [-0.39, 0.29) is 37.4 Å². The molecule has 2 atom stereocenters. The third kappa shape index (κ3) is 4.47. The molecule has 3 rings (SSSR count). The van der Waals surface area contributed by atoms with Crippen molar-refractivity contribution in [1.82, 2.24) is 9.62 Å². The van der Waals surface area contributed by atoms with Crippen LogP contribution in [0.25, 0.3) is 0 Å². The fourth-order valence-electron chi connectivity index (χ4n) is 3.81. The number of benzene rings is 1. The summed E-state index contributed by atoms with van der Waals surface area (Å²) in [6.07, 6.45) is 2.74. The van der Waals surface area contributed by atoms with Gasteiger partial charge in [0.25, 0.3) is 0 Å². The van der Waals surface area contributed by atoms with Gasteiger partial charge in [-0.25, -0.2) is 12.7 Å². The van der Waals surface area contributed by atoms with E-state index < -0.39 is 15.9 Å². The van der Waals surface area contributed by atoms with E-state index in [1.807, 2.05) is 25.1 Å². The van der Waals surface area contributed by atoms with E-state index in [0.29, 0.717) is 24.4 Å². The number of carbonyl (C=O) groups excluding carboxylic acids is 2. The molecule has 2 fully saturated rings. The van der Waals surface area contributed by atoms with Gasteiger partial charge in [-0.1, -0.05) is 6.07 Å². The van der Waals surface area contributed by atoms with Gasteiger partial charge in [0, 0.05) is 32.1 Å². The molecular weight excluding hydrogens is 382 g/mol. The maximum Gasteiger partial charge on any atom is 0.227 e. The summed E-state index contributed by atoms with van der Waals surface area (Å²) in [6, 6.07) is 5.37. The van der Waals surface area contributed by atoms with Crippen molar-refractivity contribution < 1.29 is 22.7 Å². The molecule has 8 nitrogen and oxygen atoms in total. The van der Waals surface area contributed by atoms with Gasteiger partial charge >= 0.3 is 0 Å². The summed E-state index contributed by atoms with van der Waals surface area (Å²) in [6.45, 7) is 2.98. The molecule has 0 spiro atoms. The molecule has 9 heteroatoms. The van der Waals surface area contributed by atoms with Crippen LogP contribution in [0.15, 0.2) is 18.2 Å². The molecule has 2 aliphatic rings. The van der Waals surface area contributed by atoms with Gasteiger partial charge < -0.3 is 15.0 Å². The van der Waals surface area contributed by atoms with Gasteiger partial charge in [0.1, 0.15) is 5.75 Å². The van der Waals surface area contributed by atoms with Crippen LogP contribution in [0, 0.1) is 12.8 Å². The van der Waals surface area contributed by atoms with Crippen molar-refractivity contribution in [3.05, 3.63) is 23.8 Å². The second kappa shape index (κ2) is 8.08. The number of nitrogens with one attached hydrogen (secondary N) is 1. The topological polar surface area (TPSA) is 96.0 Å². The number of piperidine rings is 1. The van der Waals surface area contributed by atoms with E-state index in [4.69, 9.17) is 4.74 Å². The summed E-state index contributed by atoms with van der Waals surface area (Å²) < 4.78 is 30.3. The van der Waals surface area contributed by atoms with Crippen molar-refractivity contribution >= 4 is 27.5 Å². The molecule has 0 bridgehead atoms. The van der Waals surface area contributed by atoms with Gasteiger partial charge in [0.15, 0.2) is 0 Å². The number of nitrogens with zero attached hydrogens (tertiary/aromatic N) is 2. The molecule has 154 valence electrons. The Morgan fingerprint density at radius 1 is 1.29 bits per heavy atom. The van der Waals surface area contributed by atoms with Gasteiger partial charge in [-0.15, -0.1) is 0 Å². The quantitative estimate of drug-likeness (QED) is 0.779. The van der Waals surface area contributed by atoms with Crippen molar-refractivity contribution in [2.75, 3.05) is 37.9 Å². The largest absolute Gasteiger partial charge is 0.495 e. The summed E-state index contributed by atoms with van der Waals surface area (Å²) in [4.78, 5) is 26.9. The van der Waals surface area contributed by atoms with Gasteiger partial charge in [-0.3, -0.25) is 9.59 Å². The highest BCUT2D eigenvalue weighted by atomic mass is 32.2. The molecule has 2 aliphatic heterocycles. The highest BCUT2D eigenvalue weighted by molar-refractivity contribution is 7.88. The van der Waals surface area contributed by atoms with E-state index in [0.717, 1.165) is 12.0 Å². The standard InChI is InChI=1S/C19H27N3O5S/c1-13-6-7-17(27-2)16(9-13)22-11-14(10-18(22)23)19(24)20-15-5-4-8-21(12-15)28(3,25)26/h6-7,9,14-15H,4-5,8,10-12H2,1-3H3,(H,20,24). The highest BCUT2D eigenvalue weighted by Gasteiger charge is 2.37. The van der Waals surface area contributed by atoms with Crippen molar-refractivity contribution in [2.24, 2.45) is 5.92 Å². The Hall–Kier alpha value is -2.13. The number of anilines is 1. The Kier molecular flexibility index (Phi) is 5.95. The van der Waals surface area contributed by atoms with Crippen LogP contribution in [0.4, 0.5) is 5.69 Å². The fraction of sp³-hybridized carbons (Fsp3) is 0.579. The van der Waals surface area contributed by atoms with Crippen LogP contribution in [0.5, 0.6) is 5.75 Å². The monoisotopic (exact) mass is 409 g/mol. The minimum Gasteiger partial charge on any atom is -0.495 e. The second-order valence-corrected chi connectivity index (χ2v) is 9.53. The second-order valence-electron chi connectivity index (χ2n) is 7.55. The lowest BCUT2D eigenvalue weighted by Crippen LogP contribution is -2.50. The minimum atomic E-state index is -3.27. The van der Waals surface area contributed by atoms with E-state index in [9.17, 15) is 18.0 Å². The molecule has 0 aromatic heterocycles. The predicted molar refractivity (Wildman–Crippen MR) is 106 cm³/mol. The first kappa shape index (κ1) is 20.6. The highest BCUT2D eigenvalue weighted by Crippen LogP contribution is 2.34. The molecule has 2 heterocycles. The molecule has 1 aromatic rings. The van der Waals surface area contributed by atoms with Crippen molar-refractivity contribution in [3.8, 4) is 5.75 Å². The van der Waals surface area contributed by atoms with E-state index in [1.165, 1.54) is 10.6 Å². The third-order valence-electron chi connectivity index (χ3n) is 5.32. The van der Waals surface area contributed by atoms with Crippen LogP contribution in [-0.4, -0.2) is 63.6 Å². The van der Waals surface area contributed by atoms with Crippen LogP contribution in [-0.2, 0) is 19.6 Å². The number of hydrogen-bond acceptors (Lipinski definition) is 5. The van der Waals surface area contributed by atoms with Gasteiger partial charge in [-0.05, 0) is 37.5 Å². The summed E-state index contributed by atoms with van der Waals surface area (Å²) in [5.74, 6) is -0.198. The molecule has 2 saturated heterocycles. The Balaban J connectivity index is 1.67. The number of methoxy groups -OCH3 is 1. The molecule has 2 unspecified atom stereocenters. The first-order valence-corrected chi connectivity index (χ1v) is 11.2. The first-order chi connectivity index (χ1) is 13.2. The number of aryl methyl sites for hydroxylation is 1. The first-order valence-electron chi connectivity index (χ1n) is 9.39. The normalized spacial score (nSPS) is 23.7. The summed E-state index contributed by atoms with van der Waals surface area (Å²) in [5.41, 5.74) is 1.67. The smallest absolute Gasteiger partial charge is 0.227 e. The van der Waals surface area contributed by atoms with Crippen LogP contribution in [0.1, 0.15) is 24.8 Å². The van der Waals surface area contributed by atoms with Crippen LogP contribution >= 0.6 is 0 Å². The molecule has 1 aromatic carbocycles. The zero-order valence-corrected chi connectivity index (χ0v) is 17.3. The Labute approximate surface area is 165 Å². The summed E-state index contributed by atoms with van der Waals surface area (Å²) >= 11 is 0.